The van der Waals surface area contributed by atoms with Gasteiger partial charge in [0.05, 0.1) is 11.8 Å². The first-order valence-electron chi connectivity index (χ1n) is 5.21. The molecule has 5 nitrogen and oxygen atoms in total. The van der Waals surface area contributed by atoms with Crippen LogP contribution in [0.5, 0.6) is 0 Å². The average molecular weight is 262 g/mol. The van der Waals surface area contributed by atoms with Crippen molar-refractivity contribution >= 4 is 11.7 Å². The van der Waals surface area contributed by atoms with Crippen LogP contribution in [0.25, 0.3) is 0 Å². The van der Waals surface area contributed by atoms with E-state index in [1.165, 1.54) is 17.9 Å². The number of nitriles is 1. The Morgan fingerprint density at radius 1 is 1.47 bits per heavy atom. The molecular weight excluding hydrogens is 254 g/mol. The fourth-order valence-electron chi connectivity index (χ4n) is 1.52. The molecule has 0 radical (unpaired) electrons. The van der Waals surface area contributed by atoms with Crippen molar-refractivity contribution in [1.82, 2.24) is 9.78 Å². The molecule has 0 aliphatic carbocycles. The van der Waals surface area contributed by atoms with Gasteiger partial charge in [-0.05, 0) is 12.1 Å². The number of aromatic nitrogens is 2. The fourth-order valence-corrected chi connectivity index (χ4v) is 1.52. The third-order valence-corrected chi connectivity index (χ3v) is 2.47. The van der Waals surface area contributed by atoms with Crippen LogP contribution in [0.1, 0.15) is 15.9 Å². The quantitative estimate of drug-likeness (QED) is 0.897. The third kappa shape index (κ3) is 2.42. The van der Waals surface area contributed by atoms with Gasteiger partial charge in [0, 0.05) is 13.1 Å². The highest BCUT2D eigenvalue weighted by atomic mass is 19.1. The topological polar surface area (TPSA) is 70.7 Å². The number of carbonyl (C=O) groups is 1. The maximum absolute atomic E-state index is 13.4. The summed E-state index contributed by atoms with van der Waals surface area (Å²) in [5.41, 5.74) is -0.162. The molecule has 0 aliphatic rings. The van der Waals surface area contributed by atoms with Crippen LogP contribution >= 0.6 is 0 Å². The maximum Gasteiger partial charge on any atom is 0.259 e. The lowest BCUT2D eigenvalue weighted by Crippen LogP contribution is -2.17. The number of hydrogen-bond donors (Lipinski definition) is 1. The second-order valence-electron chi connectivity index (χ2n) is 3.72. The molecule has 0 bridgehead atoms. The predicted molar refractivity (Wildman–Crippen MR) is 62.2 cm³/mol. The molecule has 0 saturated carbocycles. The van der Waals surface area contributed by atoms with Gasteiger partial charge in [-0.2, -0.15) is 10.4 Å². The summed E-state index contributed by atoms with van der Waals surface area (Å²) < 4.78 is 27.4. The molecule has 1 aromatic heterocycles. The highest BCUT2D eigenvalue weighted by molar-refractivity contribution is 6.04. The molecule has 1 aromatic carbocycles. The summed E-state index contributed by atoms with van der Waals surface area (Å²) in [6.07, 6.45) is 1.27. The lowest BCUT2D eigenvalue weighted by Gasteiger charge is -2.06. The average Bonchev–Trinajstić information content (AvgIpc) is 2.70. The predicted octanol–water partition coefficient (Wildman–Crippen LogP) is 1.82. The van der Waals surface area contributed by atoms with Crippen molar-refractivity contribution in [2.45, 2.75) is 0 Å². The van der Waals surface area contributed by atoms with Crippen molar-refractivity contribution in [2.75, 3.05) is 5.32 Å². The fraction of sp³-hybridized carbons (Fsp3) is 0.0833. The van der Waals surface area contributed by atoms with Crippen LogP contribution < -0.4 is 5.32 Å². The van der Waals surface area contributed by atoms with E-state index in [9.17, 15) is 13.6 Å². The van der Waals surface area contributed by atoms with Crippen LogP contribution in [-0.4, -0.2) is 15.7 Å². The van der Waals surface area contributed by atoms with Gasteiger partial charge in [0.1, 0.15) is 29.1 Å². The molecule has 0 fully saturated rings. The Bertz CT molecular complexity index is 688. The Morgan fingerprint density at radius 3 is 2.84 bits per heavy atom. The van der Waals surface area contributed by atoms with Crippen molar-refractivity contribution < 1.29 is 13.6 Å². The number of carbonyl (C=O) groups excluding carboxylic acids is 1. The van der Waals surface area contributed by atoms with Gasteiger partial charge in [-0.25, -0.2) is 8.78 Å². The van der Waals surface area contributed by atoms with Gasteiger partial charge in [-0.15, -0.1) is 0 Å². The molecular formula is C12H8F2N4O. The van der Waals surface area contributed by atoms with E-state index in [0.29, 0.717) is 6.07 Å². The molecule has 0 aliphatic heterocycles. The number of nitrogens with one attached hydrogen (secondary N) is 1. The zero-order valence-electron chi connectivity index (χ0n) is 9.82. The van der Waals surface area contributed by atoms with Crippen molar-refractivity contribution in [3.8, 4) is 6.07 Å². The van der Waals surface area contributed by atoms with E-state index < -0.39 is 17.5 Å². The largest absolute Gasteiger partial charge is 0.306 e. The van der Waals surface area contributed by atoms with Crippen molar-refractivity contribution in [2.24, 2.45) is 7.05 Å². The summed E-state index contributed by atoms with van der Waals surface area (Å²) in [7, 11) is 1.53. The van der Waals surface area contributed by atoms with Crippen LogP contribution in [0.2, 0.25) is 0 Å². The van der Waals surface area contributed by atoms with E-state index in [1.54, 1.807) is 0 Å². The van der Waals surface area contributed by atoms with Crippen LogP contribution in [-0.2, 0) is 7.05 Å². The first kappa shape index (κ1) is 12.7. The molecule has 2 rings (SSSR count). The Balaban J connectivity index is 2.31. The minimum absolute atomic E-state index is 0.149. The molecule has 0 unspecified atom stereocenters. The molecule has 0 spiro atoms. The minimum atomic E-state index is -0.974. The first-order chi connectivity index (χ1) is 9.02. The van der Waals surface area contributed by atoms with Crippen molar-refractivity contribution in [3.63, 3.8) is 0 Å². The lowest BCUT2D eigenvalue weighted by atomic mass is 10.2. The molecule has 96 valence electrons. The Morgan fingerprint density at radius 2 is 2.21 bits per heavy atom. The molecule has 7 heteroatoms. The molecule has 19 heavy (non-hydrogen) atoms. The SMILES string of the molecule is Cn1ncc(C#N)c1NC(=O)c1ccc(F)cc1F. The van der Waals surface area contributed by atoms with Gasteiger partial charge < -0.3 is 5.32 Å². The van der Waals surface area contributed by atoms with Crippen LogP contribution in [0.4, 0.5) is 14.6 Å². The van der Waals surface area contributed by atoms with Gasteiger partial charge >= 0.3 is 0 Å². The zero-order chi connectivity index (χ0) is 14.0. The summed E-state index contributed by atoms with van der Waals surface area (Å²) in [5.74, 6) is -2.38. The van der Waals surface area contributed by atoms with E-state index >= 15 is 0 Å². The van der Waals surface area contributed by atoms with Crippen molar-refractivity contribution in [3.05, 3.63) is 47.2 Å². The number of anilines is 1. The second kappa shape index (κ2) is 4.86. The molecule has 1 N–H and O–H groups in total. The number of aryl methyl sites for hydroxylation is 1. The van der Waals surface area contributed by atoms with Gasteiger partial charge in [-0.3, -0.25) is 9.48 Å². The summed E-state index contributed by atoms with van der Waals surface area (Å²) >= 11 is 0. The number of benzene rings is 1. The first-order valence-corrected chi connectivity index (χ1v) is 5.21. The molecule has 1 heterocycles. The smallest absolute Gasteiger partial charge is 0.259 e. The van der Waals surface area contributed by atoms with Crippen LogP contribution in [0, 0.1) is 23.0 Å². The molecule has 1 amide bonds. The Kier molecular flexibility index (Phi) is 3.25. The Labute approximate surface area is 107 Å². The maximum atomic E-state index is 13.4. The number of nitrogens with zero attached hydrogens (tertiary/aromatic N) is 3. The van der Waals surface area contributed by atoms with Crippen molar-refractivity contribution in [1.29, 1.82) is 5.26 Å². The van der Waals surface area contributed by atoms with E-state index in [4.69, 9.17) is 5.26 Å². The molecule has 0 atom stereocenters. The van der Waals surface area contributed by atoms with Crippen LogP contribution in [0.3, 0.4) is 0 Å². The van der Waals surface area contributed by atoms with Gasteiger partial charge in [0.25, 0.3) is 5.91 Å². The molecule has 2 aromatic rings. The number of hydrogen-bond acceptors (Lipinski definition) is 3. The van der Waals surface area contributed by atoms with Crippen LogP contribution in [0.15, 0.2) is 24.4 Å². The normalized spacial score (nSPS) is 10.0. The van der Waals surface area contributed by atoms with Gasteiger partial charge in [-0.1, -0.05) is 0 Å². The van der Waals surface area contributed by atoms with Gasteiger partial charge in [0.15, 0.2) is 0 Å². The number of rotatable bonds is 2. The van der Waals surface area contributed by atoms with Gasteiger partial charge in [0.2, 0.25) is 0 Å². The summed E-state index contributed by atoms with van der Waals surface area (Å²) in [6, 6.07) is 4.47. The summed E-state index contributed by atoms with van der Waals surface area (Å²) in [6.45, 7) is 0. The summed E-state index contributed by atoms with van der Waals surface area (Å²) in [4.78, 5) is 11.8. The minimum Gasteiger partial charge on any atom is -0.306 e. The standard InChI is InChI=1S/C12H8F2N4O/c1-18-11(7(5-15)6-16-18)17-12(19)9-3-2-8(13)4-10(9)14/h2-4,6H,1H3,(H,17,19). The van der Waals surface area contributed by atoms with E-state index in [0.717, 1.165) is 12.1 Å². The highest BCUT2D eigenvalue weighted by Crippen LogP contribution is 2.16. The monoisotopic (exact) mass is 262 g/mol. The Hall–Kier alpha value is -2.75. The third-order valence-electron chi connectivity index (χ3n) is 2.47. The van der Waals surface area contributed by atoms with E-state index in [-0.39, 0.29) is 16.9 Å². The van der Waals surface area contributed by atoms with E-state index in [2.05, 4.69) is 10.4 Å². The second-order valence-corrected chi connectivity index (χ2v) is 3.72. The zero-order valence-corrected chi connectivity index (χ0v) is 9.82. The highest BCUT2D eigenvalue weighted by Gasteiger charge is 2.16. The number of amides is 1. The lowest BCUT2D eigenvalue weighted by molar-refractivity contribution is 0.102. The molecule has 0 saturated heterocycles. The van der Waals surface area contributed by atoms with E-state index in [1.807, 2.05) is 6.07 Å². The number of halogens is 2. The summed E-state index contributed by atoms with van der Waals surface area (Å²) in [5, 5.41) is 15.0.